The van der Waals surface area contributed by atoms with E-state index in [-0.39, 0.29) is 3.91 Å². The summed E-state index contributed by atoms with van der Waals surface area (Å²) in [6.07, 6.45) is 3.85. The Morgan fingerprint density at radius 2 is 1.81 bits per heavy atom. The second-order valence-electron chi connectivity index (χ2n) is 6.82. The number of amides is 1. The van der Waals surface area contributed by atoms with E-state index >= 15 is 0 Å². The topological polar surface area (TPSA) is 101 Å². The van der Waals surface area contributed by atoms with Crippen LogP contribution in [0.25, 0.3) is 5.70 Å². The Morgan fingerprint density at radius 1 is 1.03 bits per heavy atom. The molecular formula is C23H20IN4O3-. The molecule has 31 heavy (non-hydrogen) atoms. The van der Waals surface area contributed by atoms with E-state index < -0.39 is 21.2 Å². The molecule has 7 nitrogen and oxygen atoms in total. The van der Waals surface area contributed by atoms with Crippen LogP contribution in [-0.2, 0) is 10.8 Å². The number of carbonyl (C=O) groups excluding carboxylic acids is 1. The molecule has 0 fully saturated rings. The molecular weight excluding hydrogens is 507 g/mol. The summed E-state index contributed by atoms with van der Waals surface area (Å²) in [5, 5.41) is 6.23. The van der Waals surface area contributed by atoms with Crippen molar-refractivity contribution in [2.75, 3.05) is 0 Å². The maximum absolute atomic E-state index is 13.1. The van der Waals surface area contributed by atoms with Crippen LogP contribution < -0.4 is 32.3 Å². The first-order valence-electron chi connectivity index (χ1n) is 9.54. The van der Waals surface area contributed by atoms with Crippen molar-refractivity contribution < 1.29 is 30.4 Å². The van der Waals surface area contributed by atoms with Gasteiger partial charge < -0.3 is 0 Å². The van der Waals surface area contributed by atoms with Crippen molar-refractivity contribution in [1.29, 1.82) is 0 Å². The Morgan fingerprint density at radius 3 is 2.48 bits per heavy atom. The first kappa shape index (κ1) is 20.9. The van der Waals surface area contributed by atoms with Crippen molar-refractivity contribution in [3.8, 4) is 0 Å². The fourth-order valence-corrected chi connectivity index (χ4v) is 5.13. The van der Waals surface area contributed by atoms with Gasteiger partial charge in [-0.1, -0.05) is 0 Å². The summed E-state index contributed by atoms with van der Waals surface area (Å²) in [5.41, 5.74) is 10.3. The summed E-state index contributed by atoms with van der Waals surface area (Å²) in [7, 11) is 0. The molecule has 3 aromatic rings. The molecule has 4 rings (SSSR count). The molecule has 0 atom stereocenters. The fourth-order valence-electron chi connectivity index (χ4n) is 3.08. The van der Waals surface area contributed by atoms with Crippen LogP contribution in [0.5, 0.6) is 0 Å². The standard InChI is InChI=1S/C23H20IN4O3/c25-22-19(13-16-5-2-1-3-6-16)26-20(21-7-4-12-31-21)15-28(22)23(29)24-14-17-8-10-18(27-30)11-9-17/h1-12,15,26H,13-14,25H2/q-1. The quantitative estimate of drug-likeness (QED) is 0.160. The molecule has 158 valence electrons. The minimum atomic E-state index is -0.880. The summed E-state index contributed by atoms with van der Waals surface area (Å²) in [5.74, 6) is 1.02. The number of hydrogen-bond acceptors (Lipinski definition) is 6. The van der Waals surface area contributed by atoms with Crippen LogP contribution in [0.1, 0.15) is 16.9 Å². The number of halogens is 1. The van der Waals surface area contributed by atoms with E-state index in [0.717, 1.165) is 16.8 Å². The first-order valence-corrected chi connectivity index (χ1v) is 12.1. The summed E-state index contributed by atoms with van der Waals surface area (Å²) in [6, 6.07) is 20.5. The zero-order valence-electron chi connectivity index (χ0n) is 16.5. The van der Waals surface area contributed by atoms with Gasteiger partial charge in [-0.15, -0.1) is 0 Å². The molecule has 2 heterocycles. The van der Waals surface area contributed by atoms with Gasteiger partial charge in [0.05, 0.1) is 0 Å². The molecule has 0 bridgehead atoms. The monoisotopic (exact) mass is 527 g/mol. The van der Waals surface area contributed by atoms with Crippen LogP contribution in [0.4, 0.5) is 10.5 Å². The molecule has 2 aromatic carbocycles. The van der Waals surface area contributed by atoms with Crippen molar-refractivity contribution >= 4 is 15.3 Å². The zero-order valence-corrected chi connectivity index (χ0v) is 18.7. The molecule has 0 aliphatic carbocycles. The van der Waals surface area contributed by atoms with Crippen molar-refractivity contribution in [2.24, 2.45) is 10.9 Å². The molecule has 0 unspecified atom stereocenters. The number of carbonyl (C=O) groups is 1. The molecule has 0 radical (unpaired) electrons. The second-order valence-corrected chi connectivity index (χ2v) is 9.27. The summed E-state index contributed by atoms with van der Waals surface area (Å²) >= 11 is -0.880. The Labute approximate surface area is 189 Å². The van der Waals surface area contributed by atoms with Crippen LogP contribution in [-0.4, -0.2) is 8.81 Å². The van der Waals surface area contributed by atoms with Gasteiger partial charge in [0.15, 0.2) is 0 Å². The molecule has 8 heteroatoms. The third-order valence-electron chi connectivity index (χ3n) is 4.69. The van der Waals surface area contributed by atoms with Gasteiger partial charge in [-0.05, 0) is 0 Å². The van der Waals surface area contributed by atoms with Gasteiger partial charge in [0, 0.05) is 0 Å². The molecule has 0 saturated carbocycles. The molecule has 1 amide bonds. The van der Waals surface area contributed by atoms with E-state index in [1.165, 1.54) is 4.90 Å². The van der Waals surface area contributed by atoms with Crippen molar-refractivity contribution in [2.45, 2.75) is 10.8 Å². The molecule has 3 N–H and O–H groups in total. The maximum atomic E-state index is 13.1. The average Bonchev–Trinajstić information content (AvgIpc) is 3.35. The van der Waals surface area contributed by atoms with Crippen LogP contribution >= 0.6 is 0 Å². The number of rotatable bonds is 7. The number of alkyl halides is 1. The predicted octanol–water partition coefficient (Wildman–Crippen LogP) is 1.66. The Balaban J connectivity index is 1.55. The van der Waals surface area contributed by atoms with Gasteiger partial charge in [0.1, 0.15) is 0 Å². The van der Waals surface area contributed by atoms with Gasteiger partial charge >= 0.3 is 190 Å². The van der Waals surface area contributed by atoms with Crippen molar-refractivity contribution in [3.63, 3.8) is 0 Å². The third kappa shape index (κ3) is 5.02. The number of nitrogens with zero attached hydrogens (tertiary/aromatic N) is 2. The number of allylic oxidation sites excluding steroid dienone is 1. The zero-order chi connectivity index (χ0) is 21.6. The third-order valence-corrected chi connectivity index (χ3v) is 7.12. The van der Waals surface area contributed by atoms with E-state index in [9.17, 15) is 9.70 Å². The number of nitroso groups, excluding NO2 is 1. The number of nitrogens with one attached hydrogen (secondary N) is 1. The van der Waals surface area contributed by atoms with E-state index in [1.54, 1.807) is 30.7 Å². The molecule has 1 aliphatic rings. The van der Waals surface area contributed by atoms with Crippen LogP contribution in [0.3, 0.4) is 0 Å². The first-order chi connectivity index (χ1) is 15.1. The molecule has 1 aliphatic heterocycles. The van der Waals surface area contributed by atoms with Gasteiger partial charge in [-0.2, -0.15) is 0 Å². The molecule has 1 aromatic heterocycles. The van der Waals surface area contributed by atoms with E-state index in [4.69, 9.17) is 10.2 Å². The molecule has 0 saturated heterocycles. The van der Waals surface area contributed by atoms with Gasteiger partial charge in [-0.3, -0.25) is 0 Å². The minimum absolute atomic E-state index is 0.0231. The van der Waals surface area contributed by atoms with Crippen LogP contribution in [0.15, 0.2) is 100 Å². The number of benzene rings is 2. The van der Waals surface area contributed by atoms with E-state index in [0.29, 0.717) is 33.8 Å². The Bertz CT molecular complexity index is 1120. The normalized spacial score (nSPS) is 13.7. The van der Waals surface area contributed by atoms with Crippen molar-refractivity contribution in [1.82, 2.24) is 10.2 Å². The fraction of sp³-hybridized carbons (Fsp3) is 0.0870. The van der Waals surface area contributed by atoms with E-state index in [2.05, 4.69) is 10.5 Å². The van der Waals surface area contributed by atoms with Gasteiger partial charge in [0.25, 0.3) is 0 Å². The Hall–Kier alpha value is -3.40. The SMILES string of the molecule is NC1=C(Cc2ccccc2)NC(c2ccco2)=CN1C(=O)[I-]Cc1ccc(N=O)cc1. The Kier molecular flexibility index (Phi) is 6.46. The average molecular weight is 527 g/mol. The number of nitrogens with two attached hydrogens (primary N) is 1. The van der Waals surface area contributed by atoms with Crippen molar-refractivity contribution in [3.05, 3.63) is 113 Å². The van der Waals surface area contributed by atoms with Crippen LogP contribution in [0, 0.1) is 4.91 Å². The molecule has 0 spiro atoms. The number of furan rings is 1. The van der Waals surface area contributed by atoms with Crippen LogP contribution in [0.2, 0.25) is 0 Å². The second kappa shape index (κ2) is 9.61. The summed E-state index contributed by atoms with van der Waals surface area (Å²) in [4.78, 5) is 25.2. The van der Waals surface area contributed by atoms with Gasteiger partial charge in [-0.25, -0.2) is 0 Å². The summed E-state index contributed by atoms with van der Waals surface area (Å²) in [6.45, 7) is 0. The van der Waals surface area contributed by atoms with Gasteiger partial charge in [0.2, 0.25) is 0 Å². The number of hydrogen-bond donors (Lipinski definition) is 2. The van der Waals surface area contributed by atoms with E-state index in [1.807, 2.05) is 48.5 Å². The summed E-state index contributed by atoms with van der Waals surface area (Å²) < 4.78 is 6.14. The predicted molar refractivity (Wildman–Crippen MR) is 114 cm³/mol.